The zero-order valence-electron chi connectivity index (χ0n) is 14.2. The molecule has 2 aromatic carbocycles. The van der Waals surface area contributed by atoms with Gasteiger partial charge < -0.3 is 0 Å². The first-order chi connectivity index (χ1) is 11.5. The van der Waals surface area contributed by atoms with E-state index in [9.17, 15) is 0 Å². The van der Waals surface area contributed by atoms with E-state index in [2.05, 4.69) is 62.9 Å². The molecule has 0 N–H and O–H groups in total. The fraction of sp³-hybridized carbons (Fsp3) is 0.182. The van der Waals surface area contributed by atoms with E-state index in [1.54, 1.807) is 0 Å². The number of hydrogen-bond donors (Lipinski definition) is 0. The van der Waals surface area contributed by atoms with E-state index in [4.69, 9.17) is 4.75 Å². The Labute approximate surface area is 146 Å². The van der Waals surface area contributed by atoms with E-state index < -0.39 is 0 Å². The largest absolute Gasteiger partial charge is 0.231 e. The highest BCUT2D eigenvalue weighted by atomic mass is 31.0. The molecule has 3 rings (SSSR count). The predicted octanol–water partition coefficient (Wildman–Crippen LogP) is 6.03. The standard InChI is InChI=1S/C22H20NP/c1-22(2,3)20-16-19(15-14-17-10-6-4-7-11-17)21(24-23-20)18-12-8-5-9-13-18/h4-13,16H,1-3H3. The summed E-state index contributed by atoms with van der Waals surface area (Å²) in [5, 5.41) is 1.17. The number of rotatable bonds is 1. The molecule has 0 fully saturated rings. The Morgan fingerprint density at radius 2 is 1.46 bits per heavy atom. The second-order valence-corrected chi connectivity index (χ2v) is 7.57. The third-order valence-corrected chi connectivity index (χ3v) is 4.74. The first-order valence-electron chi connectivity index (χ1n) is 8.05. The van der Waals surface area contributed by atoms with Crippen LogP contribution in [0.1, 0.15) is 37.6 Å². The quantitative estimate of drug-likeness (QED) is 0.497. The van der Waals surface area contributed by atoms with Crippen LogP contribution in [0.15, 0.2) is 66.7 Å². The molecule has 24 heavy (non-hydrogen) atoms. The van der Waals surface area contributed by atoms with Crippen molar-refractivity contribution in [1.29, 1.82) is 0 Å². The monoisotopic (exact) mass is 329 g/mol. The topological polar surface area (TPSA) is 12.9 Å². The number of nitrogens with zero attached hydrogens (tertiary/aromatic N) is 1. The maximum Gasteiger partial charge on any atom is 0.0519 e. The van der Waals surface area contributed by atoms with Gasteiger partial charge in [-0.2, -0.15) is 0 Å². The summed E-state index contributed by atoms with van der Waals surface area (Å²) in [5.41, 5.74) is 4.40. The van der Waals surface area contributed by atoms with Gasteiger partial charge in [0.25, 0.3) is 0 Å². The van der Waals surface area contributed by atoms with Crippen molar-refractivity contribution in [2.75, 3.05) is 0 Å². The van der Waals surface area contributed by atoms with Gasteiger partial charge in [-0.15, -0.1) is 0 Å². The molecule has 1 aromatic heterocycles. The Bertz CT molecular complexity index is 882. The van der Waals surface area contributed by atoms with Crippen molar-refractivity contribution in [2.24, 2.45) is 0 Å². The maximum atomic E-state index is 4.77. The normalized spacial score (nSPS) is 11.1. The van der Waals surface area contributed by atoms with Crippen molar-refractivity contribution >= 4 is 8.35 Å². The molecule has 3 aromatic rings. The molecular weight excluding hydrogens is 309 g/mol. The van der Waals surface area contributed by atoms with Crippen LogP contribution in [0.4, 0.5) is 0 Å². The molecule has 0 bridgehead atoms. The molecule has 0 aliphatic rings. The van der Waals surface area contributed by atoms with Crippen molar-refractivity contribution < 1.29 is 0 Å². The molecule has 1 heterocycles. The minimum absolute atomic E-state index is 0.0227. The summed E-state index contributed by atoms with van der Waals surface area (Å²) in [6.45, 7) is 6.56. The van der Waals surface area contributed by atoms with Gasteiger partial charge in [-0.05, 0) is 23.8 Å². The van der Waals surface area contributed by atoms with Gasteiger partial charge in [0.15, 0.2) is 0 Å². The molecule has 0 atom stereocenters. The minimum Gasteiger partial charge on any atom is -0.231 e. The Morgan fingerprint density at radius 1 is 0.833 bits per heavy atom. The van der Waals surface area contributed by atoms with Crippen LogP contribution < -0.4 is 0 Å². The van der Waals surface area contributed by atoms with E-state index in [1.807, 2.05) is 36.4 Å². The lowest BCUT2D eigenvalue weighted by Gasteiger charge is -2.18. The van der Waals surface area contributed by atoms with Crippen LogP contribution in [-0.4, -0.2) is 4.75 Å². The van der Waals surface area contributed by atoms with Crippen molar-refractivity contribution in [1.82, 2.24) is 4.75 Å². The third kappa shape index (κ3) is 3.91. The van der Waals surface area contributed by atoms with Gasteiger partial charge in [0.2, 0.25) is 0 Å². The Hall–Kier alpha value is -2.42. The summed E-state index contributed by atoms with van der Waals surface area (Å²) >= 11 is 0. The zero-order chi connectivity index (χ0) is 17.0. The molecule has 1 nitrogen and oxygen atoms in total. The minimum atomic E-state index is 0.0227. The maximum absolute atomic E-state index is 4.77. The molecule has 0 saturated heterocycles. The molecule has 2 heteroatoms. The van der Waals surface area contributed by atoms with Crippen molar-refractivity contribution in [3.05, 3.63) is 83.6 Å². The summed E-state index contributed by atoms with van der Waals surface area (Å²) in [6.07, 6.45) is 0. The van der Waals surface area contributed by atoms with Crippen molar-refractivity contribution in [2.45, 2.75) is 26.2 Å². The summed E-state index contributed by atoms with van der Waals surface area (Å²) in [4.78, 5) is 0. The highest BCUT2D eigenvalue weighted by Gasteiger charge is 2.17. The summed E-state index contributed by atoms with van der Waals surface area (Å²) in [6, 6.07) is 22.7. The van der Waals surface area contributed by atoms with E-state index in [-0.39, 0.29) is 5.41 Å². The summed E-state index contributed by atoms with van der Waals surface area (Å²) in [7, 11) is 0.967. The average molecular weight is 329 g/mol. The Balaban J connectivity index is 2.12. The molecule has 0 spiro atoms. The van der Waals surface area contributed by atoms with Gasteiger partial charge >= 0.3 is 0 Å². The smallest absolute Gasteiger partial charge is 0.0519 e. The van der Waals surface area contributed by atoms with Crippen LogP contribution >= 0.6 is 8.35 Å². The van der Waals surface area contributed by atoms with Crippen molar-refractivity contribution in [3.63, 3.8) is 0 Å². The van der Waals surface area contributed by atoms with Gasteiger partial charge in [-0.1, -0.05) is 81.1 Å². The second kappa shape index (κ2) is 7.00. The molecule has 118 valence electrons. The first-order valence-corrected chi connectivity index (χ1v) is 8.89. The van der Waals surface area contributed by atoms with Gasteiger partial charge in [0.05, 0.1) is 5.69 Å². The number of benzene rings is 2. The van der Waals surface area contributed by atoms with Gasteiger partial charge in [0, 0.05) is 30.2 Å². The molecule has 0 saturated carbocycles. The van der Waals surface area contributed by atoms with Crippen LogP contribution in [0.2, 0.25) is 0 Å². The van der Waals surface area contributed by atoms with E-state index in [1.165, 1.54) is 10.9 Å². The molecular formula is C22H20NP. The SMILES string of the molecule is CC(C)(C)c1cc(C#Cc2ccccc2)c(-c2ccccc2)pn1. The van der Waals surface area contributed by atoms with Crippen LogP contribution in [0.5, 0.6) is 0 Å². The van der Waals surface area contributed by atoms with E-state index in [0.717, 1.165) is 25.2 Å². The van der Waals surface area contributed by atoms with Gasteiger partial charge in [-0.3, -0.25) is 0 Å². The van der Waals surface area contributed by atoms with E-state index in [0.29, 0.717) is 0 Å². The van der Waals surface area contributed by atoms with Gasteiger partial charge in [-0.25, -0.2) is 4.75 Å². The zero-order valence-corrected chi connectivity index (χ0v) is 15.1. The number of aromatic nitrogens is 1. The first kappa shape index (κ1) is 16.4. The van der Waals surface area contributed by atoms with Crippen LogP contribution in [0.3, 0.4) is 0 Å². The Morgan fingerprint density at radius 3 is 2.08 bits per heavy atom. The van der Waals surface area contributed by atoms with E-state index >= 15 is 0 Å². The molecule has 0 unspecified atom stereocenters. The Kier molecular flexibility index (Phi) is 4.79. The molecule has 0 amide bonds. The fourth-order valence-corrected chi connectivity index (χ4v) is 3.38. The fourth-order valence-electron chi connectivity index (χ4n) is 2.32. The van der Waals surface area contributed by atoms with Crippen molar-refractivity contribution in [3.8, 4) is 22.7 Å². The van der Waals surface area contributed by atoms with Gasteiger partial charge in [0.1, 0.15) is 0 Å². The lowest BCUT2D eigenvalue weighted by Crippen LogP contribution is -2.12. The lowest BCUT2D eigenvalue weighted by molar-refractivity contribution is 0.574. The summed E-state index contributed by atoms with van der Waals surface area (Å²) < 4.78 is 4.77. The van der Waals surface area contributed by atoms with Crippen LogP contribution in [0, 0.1) is 11.8 Å². The third-order valence-electron chi connectivity index (χ3n) is 3.72. The predicted molar refractivity (Wildman–Crippen MR) is 103 cm³/mol. The molecule has 0 aliphatic carbocycles. The second-order valence-electron chi connectivity index (χ2n) is 6.72. The lowest BCUT2D eigenvalue weighted by atomic mass is 9.91. The highest BCUT2D eigenvalue weighted by molar-refractivity contribution is 7.29. The number of hydrogen-bond acceptors (Lipinski definition) is 1. The average Bonchev–Trinajstić information content (AvgIpc) is 2.60. The molecule has 0 radical (unpaired) electrons. The van der Waals surface area contributed by atoms with Crippen LogP contribution in [0.25, 0.3) is 10.9 Å². The highest BCUT2D eigenvalue weighted by Crippen LogP contribution is 2.33. The van der Waals surface area contributed by atoms with Crippen LogP contribution in [-0.2, 0) is 5.41 Å². The molecule has 0 aliphatic heterocycles. The summed E-state index contributed by atoms with van der Waals surface area (Å²) in [5.74, 6) is 6.66.